The Morgan fingerprint density at radius 3 is 2.48 bits per heavy atom. The summed E-state index contributed by atoms with van der Waals surface area (Å²) in [6.45, 7) is 2.53. The largest absolute Gasteiger partial charge is 0.496 e. The van der Waals surface area contributed by atoms with Gasteiger partial charge in [0, 0.05) is 0 Å². The van der Waals surface area contributed by atoms with Crippen LogP contribution in [-0.4, -0.2) is 26.2 Å². The van der Waals surface area contributed by atoms with E-state index < -0.39 is 0 Å². The summed E-state index contributed by atoms with van der Waals surface area (Å²) < 4.78 is 10.7. The standard InChI is InChI=1S/C19H19NO3/c1-15-9-3-5-11-17(15)23-14-8-7-13-20-19(21)16-10-4-6-12-18(16)22-2/h3-6,9-12H,13-14H2,1-2H3,(H,20,21). The minimum atomic E-state index is -0.212. The smallest absolute Gasteiger partial charge is 0.255 e. The topological polar surface area (TPSA) is 47.6 Å². The van der Waals surface area contributed by atoms with E-state index in [1.165, 1.54) is 7.11 Å². The zero-order valence-electron chi connectivity index (χ0n) is 13.3. The molecule has 23 heavy (non-hydrogen) atoms. The van der Waals surface area contributed by atoms with E-state index in [2.05, 4.69) is 17.2 Å². The number of methoxy groups -OCH3 is 1. The number of carbonyl (C=O) groups is 1. The zero-order chi connectivity index (χ0) is 16.5. The summed E-state index contributed by atoms with van der Waals surface area (Å²) in [5.41, 5.74) is 1.56. The van der Waals surface area contributed by atoms with Crippen molar-refractivity contribution in [1.29, 1.82) is 0 Å². The minimum absolute atomic E-state index is 0.212. The number of carbonyl (C=O) groups excluding carboxylic acids is 1. The van der Waals surface area contributed by atoms with Crippen LogP contribution in [0.15, 0.2) is 48.5 Å². The van der Waals surface area contributed by atoms with E-state index in [1.54, 1.807) is 18.2 Å². The van der Waals surface area contributed by atoms with Crippen LogP contribution < -0.4 is 14.8 Å². The minimum Gasteiger partial charge on any atom is -0.496 e. The summed E-state index contributed by atoms with van der Waals surface area (Å²) in [6, 6.07) is 14.8. The fourth-order valence-corrected chi connectivity index (χ4v) is 2.00. The maximum absolute atomic E-state index is 12.0. The van der Waals surface area contributed by atoms with Gasteiger partial charge in [0.05, 0.1) is 19.2 Å². The maximum Gasteiger partial charge on any atom is 0.255 e. The van der Waals surface area contributed by atoms with Crippen LogP contribution >= 0.6 is 0 Å². The first-order chi connectivity index (χ1) is 11.2. The first-order valence-electron chi connectivity index (χ1n) is 7.27. The van der Waals surface area contributed by atoms with Crippen molar-refractivity contribution in [2.24, 2.45) is 0 Å². The molecule has 0 saturated heterocycles. The highest BCUT2D eigenvalue weighted by Crippen LogP contribution is 2.17. The number of rotatable bonds is 5. The Bertz CT molecular complexity index is 729. The van der Waals surface area contributed by atoms with Crippen molar-refractivity contribution in [3.05, 3.63) is 59.7 Å². The Kier molecular flexibility index (Phi) is 6.07. The van der Waals surface area contributed by atoms with Gasteiger partial charge < -0.3 is 14.8 Å². The van der Waals surface area contributed by atoms with Crippen LogP contribution in [0, 0.1) is 18.8 Å². The highest BCUT2D eigenvalue weighted by Gasteiger charge is 2.09. The lowest BCUT2D eigenvalue weighted by atomic mass is 10.2. The molecule has 0 aliphatic rings. The molecule has 0 atom stereocenters. The summed E-state index contributed by atoms with van der Waals surface area (Å²) in [6.07, 6.45) is 0. The molecule has 0 bridgehead atoms. The SMILES string of the molecule is COc1ccccc1C(=O)NCC#CCOc1ccccc1C. The van der Waals surface area contributed by atoms with E-state index in [1.807, 2.05) is 37.3 Å². The molecule has 0 aromatic heterocycles. The predicted molar refractivity (Wildman–Crippen MR) is 89.8 cm³/mol. The second kappa shape index (κ2) is 8.50. The summed E-state index contributed by atoms with van der Waals surface area (Å²) >= 11 is 0. The van der Waals surface area contributed by atoms with Gasteiger partial charge in [-0.25, -0.2) is 0 Å². The fraction of sp³-hybridized carbons (Fsp3) is 0.211. The molecule has 118 valence electrons. The number of amides is 1. The first-order valence-corrected chi connectivity index (χ1v) is 7.27. The molecule has 4 nitrogen and oxygen atoms in total. The van der Waals surface area contributed by atoms with E-state index in [9.17, 15) is 4.79 Å². The average Bonchev–Trinajstić information content (AvgIpc) is 2.59. The summed E-state index contributed by atoms with van der Waals surface area (Å²) in [7, 11) is 1.54. The lowest BCUT2D eigenvalue weighted by Gasteiger charge is -2.07. The van der Waals surface area contributed by atoms with Gasteiger partial charge in [-0.2, -0.15) is 0 Å². The zero-order valence-corrected chi connectivity index (χ0v) is 13.3. The second-order valence-electron chi connectivity index (χ2n) is 4.79. The molecule has 0 aliphatic heterocycles. The molecule has 0 spiro atoms. The Labute approximate surface area is 136 Å². The first kappa shape index (κ1) is 16.4. The van der Waals surface area contributed by atoms with Gasteiger partial charge in [-0.1, -0.05) is 42.2 Å². The van der Waals surface area contributed by atoms with Crippen LogP contribution in [0.1, 0.15) is 15.9 Å². The Hall–Kier alpha value is -2.93. The van der Waals surface area contributed by atoms with Crippen molar-refractivity contribution in [3.63, 3.8) is 0 Å². The van der Waals surface area contributed by atoms with Gasteiger partial charge in [0.25, 0.3) is 5.91 Å². The summed E-state index contributed by atoms with van der Waals surface area (Å²) in [5, 5.41) is 2.74. The predicted octanol–water partition coefficient (Wildman–Crippen LogP) is 2.82. The Morgan fingerprint density at radius 2 is 1.74 bits per heavy atom. The van der Waals surface area contributed by atoms with E-state index in [0.29, 0.717) is 11.3 Å². The number of hydrogen-bond acceptors (Lipinski definition) is 3. The van der Waals surface area contributed by atoms with E-state index in [4.69, 9.17) is 9.47 Å². The van der Waals surface area contributed by atoms with Crippen LogP contribution in [0.3, 0.4) is 0 Å². The lowest BCUT2D eigenvalue weighted by molar-refractivity contribution is 0.0955. The molecule has 1 amide bonds. The van der Waals surface area contributed by atoms with Crippen LogP contribution in [-0.2, 0) is 0 Å². The van der Waals surface area contributed by atoms with Crippen molar-refractivity contribution < 1.29 is 14.3 Å². The molecular weight excluding hydrogens is 290 g/mol. The molecule has 0 unspecified atom stereocenters. The van der Waals surface area contributed by atoms with Gasteiger partial charge in [0.1, 0.15) is 18.1 Å². The van der Waals surface area contributed by atoms with Gasteiger partial charge in [-0.15, -0.1) is 0 Å². The summed E-state index contributed by atoms with van der Waals surface area (Å²) in [4.78, 5) is 12.0. The third kappa shape index (κ3) is 4.79. The van der Waals surface area contributed by atoms with E-state index >= 15 is 0 Å². The third-order valence-corrected chi connectivity index (χ3v) is 3.21. The number of ether oxygens (including phenoxy) is 2. The molecular formula is C19H19NO3. The van der Waals surface area contributed by atoms with Gasteiger partial charge in [0.2, 0.25) is 0 Å². The number of hydrogen-bond donors (Lipinski definition) is 1. The number of benzene rings is 2. The molecule has 2 aromatic rings. The lowest BCUT2D eigenvalue weighted by Crippen LogP contribution is -2.24. The van der Waals surface area contributed by atoms with E-state index in [-0.39, 0.29) is 19.1 Å². The van der Waals surface area contributed by atoms with Gasteiger partial charge in [0.15, 0.2) is 0 Å². The van der Waals surface area contributed by atoms with Crippen molar-refractivity contribution >= 4 is 5.91 Å². The van der Waals surface area contributed by atoms with Crippen LogP contribution in [0.25, 0.3) is 0 Å². The number of para-hydroxylation sites is 2. The molecule has 0 aliphatic carbocycles. The Balaban J connectivity index is 1.79. The van der Waals surface area contributed by atoms with Crippen molar-refractivity contribution in [1.82, 2.24) is 5.32 Å². The Morgan fingerprint density at radius 1 is 1.04 bits per heavy atom. The fourth-order valence-electron chi connectivity index (χ4n) is 2.00. The van der Waals surface area contributed by atoms with Crippen molar-refractivity contribution in [3.8, 4) is 23.3 Å². The number of nitrogens with one attached hydrogen (secondary N) is 1. The molecule has 0 saturated carbocycles. The highest BCUT2D eigenvalue weighted by molar-refractivity contribution is 5.97. The molecule has 2 aromatic carbocycles. The molecule has 0 radical (unpaired) electrons. The third-order valence-electron chi connectivity index (χ3n) is 3.21. The van der Waals surface area contributed by atoms with Crippen molar-refractivity contribution in [2.45, 2.75) is 6.92 Å². The van der Waals surface area contributed by atoms with Gasteiger partial charge in [-0.05, 0) is 30.7 Å². The van der Waals surface area contributed by atoms with Crippen LogP contribution in [0.5, 0.6) is 11.5 Å². The molecule has 2 rings (SSSR count). The van der Waals surface area contributed by atoms with Gasteiger partial charge in [-0.3, -0.25) is 4.79 Å². The van der Waals surface area contributed by atoms with Crippen molar-refractivity contribution in [2.75, 3.05) is 20.3 Å². The van der Waals surface area contributed by atoms with E-state index in [0.717, 1.165) is 11.3 Å². The normalized spacial score (nSPS) is 9.48. The average molecular weight is 309 g/mol. The molecule has 4 heteroatoms. The second-order valence-corrected chi connectivity index (χ2v) is 4.79. The summed E-state index contributed by atoms with van der Waals surface area (Å²) in [5.74, 6) is 6.89. The number of aryl methyl sites for hydroxylation is 1. The molecule has 1 N–H and O–H groups in total. The van der Waals surface area contributed by atoms with Crippen LogP contribution in [0.2, 0.25) is 0 Å². The highest BCUT2D eigenvalue weighted by atomic mass is 16.5. The monoisotopic (exact) mass is 309 g/mol. The van der Waals surface area contributed by atoms with Crippen LogP contribution in [0.4, 0.5) is 0 Å². The quantitative estimate of drug-likeness (QED) is 0.864. The molecule has 0 heterocycles. The van der Waals surface area contributed by atoms with Gasteiger partial charge >= 0.3 is 0 Å². The maximum atomic E-state index is 12.0. The molecule has 0 fully saturated rings.